The normalized spacial score (nSPS) is 17.8. The summed E-state index contributed by atoms with van der Waals surface area (Å²) in [5.74, 6) is 0.967. The number of likely N-dealkylation sites (tertiary alicyclic amines) is 1. The van der Waals surface area contributed by atoms with Crippen LogP contribution < -0.4 is 4.74 Å². The molecule has 3 rings (SSSR count). The highest BCUT2D eigenvalue weighted by atomic mass is 35.5. The molecule has 5 heteroatoms. The zero-order chi connectivity index (χ0) is 18.4. The van der Waals surface area contributed by atoms with E-state index in [0.29, 0.717) is 17.2 Å². The Kier molecular flexibility index (Phi) is 6.67. The molecule has 0 spiro atoms. The van der Waals surface area contributed by atoms with Crippen molar-refractivity contribution in [3.8, 4) is 5.75 Å². The van der Waals surface area contributed by atoms with Crippen LogP contribution >= 0.6 is 11.6 Å². The lowest BCUT2D eigenvalue weighted by Crippen LogP contribution is -2.38. The Morgan fingerprint density at radius 3 is 2.77 bits per heavy atom. The van der Waals surface area contributed by atoms with Crippen LogP contribution in [0.2, 0.25) is 5.02 Å². The summed E-state index contributed by atoms with van der Waals surface area (Å²) in [4.78, 5) is 15.1. The number of hydrogen-bond donors (Lipinski definition) is 1. The second kappa shape index (κ2) is 9.17. The highest BCUT2D eigenvalue weighted by Crippen LogP contribution is 2.24. The number of piperidine rings is 1. The Balaban J connectivity index is 1.59. The fourth-order valence-electron chi connectivity index (χ4n) is 3.40. The number of rotatable bonds is 7. The molecule has 2 aromatic rings. The first-order valence-electron chi connectivity index (χ1n) is 9.00. The van der Waals surface area contributed by atoms with E-state index in [1.165, 1.54) is 5.56 Å². The average molecular weight is 374 g/mol. The van der Waals surface area contributed by atoms with E-state index >= 15 is 0 Å². The lowest BCUT2D eigenvalue weighted by Gasteiger charge is -2.32. The fourth-order valence-corrected chi connectivity index (χ4v) is 3.59. The van der Waals surface area contributed by atoms with Gasteiger partial charge in [-0.05, 0) is 49.2 Å². The number of Topliss-reactive ketones (excluding diaryl/α,β-unsaturated/α-hetero) is 1. The van der Waals surface area contributed by atoms with Crippen molar-refractivity contribution in [1.82, 2.24) is 4.90 Å². The first kappa shape index (κ1) is 18.9. The number of aliphatic hydroxyl groups is 1. The smallest absolute Gasteiger partial charge is 0.167 e. The van der Waals surface area contributed by atoms with Gasteiger partial charge in [0.25, 0.3) is 0 Å². The van der Waals surface area contributed by atoms with Crippen LogP contribution in [0, 0.1) is 5.92 Å². The zero-order valence-corrected chi connectivity index (χ0v) is 15.5. The van der Waals surface area contributed by atoms with Crippen molar-refractivity contribution in [2.24, 2.45) is 5.92 Å². The predicted octanol–water partition coefficient (Wildman–Crippen LogP) is 3.81. The number of carbonyl (C=O) groups excluding carboxylic acids is 1. The van der Waals surface area contributed by atoms with Crippen molar-refractivity contribution in [2.45, 2.75) is 19.4 Å². The summed E-state index contributed by atoms with van der Waals surface area (Å²) in [5.41, 5.74) is 1.90. The Hall–Kier alpha value is -1.88. The van der Waals surface area contributed by atoms with Gasteiger partial charge in [-0.2, -0.15) is 0 Å². The minimum absolute atomic E-state index is 0.0115. The van der Waals surface area contributed by atoms with E-state index in [9.17, 15) is 4.79 Å². The van der Waals surface area contributed by atoms with Crippen LogP contribution in [0.4, 0.5) is 0 Å². The maximum atomic E-state index is 12.8. The summed E-state index contributed by atoms with van der Waals surface area (Å²) < 4.78 is 5.39. The molecule has 0 aromatic heterocycles. The van der Waals surface area contributed by atoms with Gasteiger partial charge in [0.15, 0.2) is 5.78 Å². The number of hydrogen-bond acceptors (Lipinski definition) is 4. The second-order valence-corrected chi connectivity index (χ2v) is 7.10. The first-order valence-corrected chi connectivity index (χ1v) is 9.38. The number of aliphatic hydroxyl groups excluding tert-OH is 1. The molecule has 1 aliphatic heterocycles. The van der Waals surface area contributed by atoms with Crippen molar-refractivity contribution < 1.29 is 14.6 Å². The summed E-state index contributed by atoms with van der Waals surface area (Å²) in [7, 11) is 0. The van der Waals surface area contributed by atoms with Gasteiger partial charge in [0.2, 0.25) is 0 Å². The van der Waals surface area contributed by atoms with E-state index in [4.69, 9.17) is 21.4 Å². The number of benzene rings is 2. The zero-order valence-electron chi connectivity index (χ0n) is 14.7. The van der Waals surface area contributed by atoms with Crippen LogP contribution in [0.5, 0.6) is 5.75 Å². The number of carbonyl (C=O) groups is 1. The van der Waals surface area contributed by atoms with Crippen molar-refractivity contribution in [2.75, 3.05) is 26.3 Å². The molecule has 1 fully saturated rings. The molecule has 0 amide bonds. The lowest BCUT2D eigenvalue weighted by molar-refractivity contribution is 0.0811. The molecule has 0 radical (unpaired) electrons. The average Bonchev–Trinajstić information content (AvgIpc) is 2.67. The third-order valence-corrected chi connectivity index (χ3v) is 4.91. The highest BCUT2D eigenvalue weighted by molar-refractivity contribution is 6.31. The van der Waals surface area contributed by atoms with Gasteiger partial charge in [-0.1, -0.05) is 35.9 Å². The van der Waals surface area contributed by atoms with E-state index in [0.717, 1.165) is 38.2 Å². The van der Waals surface area contributed by atoms with Crippen molar-refractivity contribution in [3.05, 3.63) is 64.7 Å². The van der Waals surface area contributed by atoms with Crippen molar-refractivity contribution >= 4 is 17.4 Å². The van der Waals surface area contributed by atoms with Gasteiger partial charge in [-0.25, -0.2) is 0 Å². The lowest BCUT2D eigenvalue weighted by atomic mass is 9.90. The molecule has 138 valence electrons. The van der Waals surface area contributed by atoms with Crippen LogP contribution in [0.15, 0.2) is 48.5 Å². The van der Waals surface area contributed by atoms with Gasteiger partial charge in [0.1, 0.15) is 12.4 Å². The fraction of sp³-hybridized carbons (Fsp3) is 0.381. The molecule has 0 unspecified atom stereocenters. The molecule has 1 heterocycles. The molecule has 0 aliphatic carbocycles. The standard InChI is InChI=1S/C21H24ClNO3/c22-19-5-1-3-17(13-19)21(25)18-4-2-10-23(15-18)14-16-6-8-20(9-7-16)26-12-11-24/h1,3,5-9,13,18,24H,2,4,10-12,14-15H2/t18-/m0/s1. The van der Waals surface area contributed by atoms with E-state index in [-0.39, 0.29) is 18.3 Å². The minimum Gasteiger partial charge on any atom is -0.491 e. The summed E-state index contributed by atoms with van der Waals surface area (Å²) in [6.07, 6.45) is 1.95. The van der Waals surface area contributed by atoms with Gasteiger partial charge < -0.3 is 9.84 Å². The third kappa shape index (κ3) is 5.07. The Morgan fingerprint density at radius 2 is 2.04 bits per heavy atom. The van der Waals surface area contributed by atoms with E-state index < -0.39 is 0 Å². The van der Waals surface area contributed by atoms with E-state index in [1.54, 1.807) is 12.1 Å². The summed E-state index contributed by atoms with van der Waals surface area (Å²) >= 11 is 6.02. The molecule has 2 aromatic carbocycles. The van der Waals surface area contributed by atoms with Gasteiger partial charge in [0, 0.05) is 29.6 Å². The maximum absolute atomic E-state index is 12.8. The minimum atomic E-state index is 0.0115. The monoisotopic (exact) mass is 373 g/mol. The van der Waals surface area contributed by atoms with Gasteiger partial charge in [-0.3, -0.25) is 9.69 Å². The predicted molar refractivity (Wildman–Crippen MR) is 103 cm³/mol. The molecule has 1 saturated heterocycles. The second-order valence-electron chi connectivity index (χ2n) is 6.66. The highest BCUT2D eigenvalue weighted by Gasteiger charge is 2.26. The topological polar surface area (TPSA) is 49.8 Å². The third-order valence-electron chi connectivity index (χ3n) is 4.67. The molecule has 1 aliphatic rings. The van der Waals surface area contributed by atoms with Crippen LogP contribution in [0.25, 0.3) is 0 Å². The van der Waals surface area contributed by atoms with E-state index in [2.05, 4.69) is 4.90 Å². The van der Waals surface area contributed by atoms with Gasteiger partial charge >= 0.3 is 0 Å². The van der Waals surface area contributed by atoms with Gasteiger partial charge in [-0.15, -0.1) is 0 Å². The molecule has 1 N–H and O–H groups in total. The number of nitrogens with zero attached hydrogens (tertiary/aromatic N) is 1. The Labute approximate surface area is 159 Å². The number of ether oxygens (including phenoxy) is 1. The maximum Gasteiger partial charge on any atom is 0.167 e. The molecule has 26 heavy (non-hydrogen) atoms. The van der Waals surface area contributed by atoms with Crippen LogP contribution in [0.1, 0.15) is 28.8 Å². The molecular weight excluding hydrogens is 350 g/mol. The van der Waals surface area contributed by atoms with Gasteiger partial charge in [0.05, 0.1) is 6.61 Å². The summed E-state index contributed by atoms with van der Waals surface area (Å²) in [6.45, 7) is 2.91. The Morgan fingerprint density at radius 1 is 1.23 bits per heavy atom. The molecular formula is C21H24ClNO3. The SMILES string of the molecule is O=C(c1cccc(Cl)c1)[C@H]1CCCN(Cc2ccc(OCCO)cc2)C1. The molecule has 1 atom stereocenters. The first-order chi connectivity index (χ1) is 12.7. The largest absolute Gasteiger partial charge is 0.491 e. The number of halogens is 1. The van der Waals surface area contributed by atoms with Crippen molar-refractivity contribution in [3.63, 3.8) is 0 Å². The quantitative estimate of drug-likeness (QED) is 0.750. The molecule has 4 nitrogen and oxygen atoms in total. The number of ketones is 1. The summed E-state index contributed by atoms with van der Waals surface area (Å²) in [5, 5.41) is 9.40. The van der Waals surface area contributed by atoms with Crippen molar-refractivity contribution in [1.29, 1.82) is 0 Å². The van der Waals surface area contributed by atoms with Crippen LogP contribution in [-0.2, 0) is 6.54 Å². The molecule has 0 bridgehead atoms. The van der Waals surface area contributed by atoms with Crippen LogP contribution in [-0.4, -0.2) is 42.1 Å². The van der Waals surface area contributed by atoms with Crippen LogP contribution in [0.3, 0.4) is 0 Å². The Bertz CT molecular complexity index is 732. The molecule has 0 saturated carbocycles. The van der Waals surface area contributed by atoms with E-state index in [1.807, 2.05) is 36.4 Å². The summed E-state index contributed by atoms with van der Waals surface area (Å²) in [6, 6.07) is 15.1.